The molecule has 6 aliphatic rings. The Morgan fingerprint density at radius 2 is 1.75 bits per heavy atom. The van der Waals surface area contributed by atoms with Gasteiger partial charge in [-0.15, -0.1) is 0 Å². The molecule has 6 aliphatic heterocycles. The van der Waals surface area contributed by atoms with E-state index in [-0.39, 0.29) is 12.3 Å². The smallest absolute Gasteiger partial charge is 0.281 e. The van der Waals surface area contributed by atoms with E-state index >= 15 is 0 Å². The summed E-state index contributed by atoms with van der Waals surface area (Å²) in [5.74, 6) is 0.759. The second kappa shape index (κ2) is 8.38. The second-order valence-electron chi connectivity index (χ2n) is 7.14. The normalized spacial score (nSPS) is 17.6. The van der Waals surface area contributed by atoms with Crippen molar-refractivity contribution in [2.45, 2.75) is 6.42 Å². The van der Waals surface area contributed by atoms with Crippen LogP contribution in [0.3, 0.4) is 0 Å². The predicted octanol–water partition coefficient (Wildman–Crippen LogP) is 1.16. The third-order valence-corrected chi connectivity index (χ3v) is 5.12. The maximum Gasteiger partial charge on any atom is 0.281 e. The van der Waals surface area contributed by atoms with E-state index in [0.29, 0.717) is 46.6 Å². The largest absolute Gasteiger partial charge is 0.465 e. The zero-order valence-electron chi connectivity index (χ0n) is 17.0. The molecule has 0 N–H and O–H groups in total. The summed E-state index contributed by atoms with van der Waals surface area (Å²) in [4.78, 5) is 45.6. The number of carbonyl (C=O) groups is 2. The molecule has 7 heterocycles. The molecular weight excluding hydrogens is 408 g/mol. The summed E-state index contributed by atoms with van der Waals surface area (Å²) in [6.45, 7) is 1.00. The van der Waals surface area contributed by atoms with Gasteiger partial charge in [-0.1, -0.05) is 12.2 Å². The molecule has 0 spiro atoms. The molecular formula is C23H18N6O3. The van der Waals surface area contributed by atoms with E-state index in [1.165, 1.54) is 12.5 Å². The molecule has 0 unspecified atom stereocenters. The molecule has 32 heavy (non-hydrogen) atoms. The number of aromatic nitrogens is 2. The highest BCUT2D eigenvalue weighted by molar-refractivity contribution is 6.36. The first-order valence-corrected chi connectivity index (χ1v) is 10.0. The number of rotatable bonds is 0. The van der Waals surface area contributed by atoms with Crippen molar-refractivity contribution in [3.8, 4) is 5.75 Å². The first kappa shape index (κ1) is 19.6. The van der Waals surface area contributed by atoms with Gasteiger partial charge in [0.25, 0.3) is 5.91 Å². The van der Waals surface area contributed by atoms with Gasteiger partial charge in [0.15, 0.2) is 5.49 Å². The number of amides is 2. The van der Waals surface area contributed by atoms with Crippen LogP contribution < -0.4 is 20.3 Å². The lowest BCUT2D eigenvalue weighted by Crippen LogP contribution is -2.42. The summed E-state index contributed by atoms with van der Waals surface area (Å²) < 4.78 is 5.54. The van der Waals surface area contributed by atoms with Gasteiger partial charge in [0, 0.05) is 38.1 Å². The Bertz CT molecular complexity index is 1320. The van der Waals surface area contributed by atoms with Crippen molar-refractivity contribution in [3.05, 3.63) is 78.2 Å². The van der Waals surface area contributed by atoms with Crippen molar-refractivity contribution in [2.75, 3.05) is 18.0 Å². The van der Waals surface area contributed by atoms with Gasteiger partial charge in [0.1, 0.15) is 17.9 Å². The fourth-order valence-corrected chi connectivity index (χ4v) is 3.48. The molecule has 9 heteroatoms. The van der Waals surface area contributed by atoms with Gasteiger partial charge in [-0.25, -0.2) is 9.97 Å². The maximum absolute atomic E-state index is 12.6. The van der Waals surface area contributed by atoms with Crippen LogP contribution in [0.4, 0.5) is 11.5 Å². The number of allylic oxidation sites excluding steroid dienone is 2. The Morgan fingerprint density at radius 3 is 2.56 bits per heavy atom. The number of hydrogen-bond donors (Lipinski definition) is 0. The fraction of sp³-hybridized carbons (Fsp3) is 0.130. The number of aliphatic imine (C=N–C) groups is 1. The van der Waals surface area contributed by atoms with Crippen molar-refractivity contribution in [2.24, 2.45) is 9.98 Å². The Labute approximate surface area is 183 Å². The van der Waals surface area contributed by atoms with Crippen LogP contribution in [-0.4, -0.2) is 46.0 Å². The minimum Gasteiger partial charge on any atom is -0.465 e. The predicted molar refractivity (Wildman–Crippen MR) is 118 cm³/mol. The van der Waals surface area contributed by atoms with Gasteiger partial charge >= 0.3 is 0 Å². The third-order valence-electron chi connectivity index (χ3n) is 5.12. The van der Waals surface area contributed by atoms with Crippen LogP contribution in [0.5, 0.6) is 5.75 Å². The van der Waals surface area contributed by atoms with Crippen molar-refractivity contribution >= 4 is 35.1 Å². The first-order valence-electron chi connectivity index (χ1n) is 10.0. The minimum atomic E-state index is -0.415. The van der Waals surface area contributed by atoms with E-state index < -0.39 is 5.91 Å². The maximum atomic E-state index is 12.6. The number of nitrogens with zero attached hydrogens (tertiary/aromatic N) is 6. The van der Waals surface area contributed by atoms with Gasteiger partial charge in [-0.05, 0) is 30.3 Å². The standard InChI is InChI=1S/C23H18N6O3/c30-19-4-2-1-3-13-32-17-7-5-16(6-8-17)24-14-18-20-21(27-23(18)31)25-15-26-22(20)29-11-9-28(19)10-12-29/h1-3,5-9,11,13-15H,4,10,12H2. The zero-order valence-corrected chi connectivity index (χ0v) is 17.0. The summed E-state index contributed by atoms with van der Waals surface area (Å²) in [6.07, 6.45) is 13.5. The molecule has 0 aliphatic carbocycles. The topological polar surface area (TPSA) is 100 Å². The number of hydrogen-bond acceptors (Lipinski definition) is 7. The fourth-order valence-electron chi connectivity index (χ4n) is 3.48. The second-order valence-corrected chi connectivity index (χ2v) is 7.14. The van der Waals surface area contributed by atoms with E-state index in [0.717, 1.165) is 0 Å². The number of anilines is 1. The zero-order chi connectivity index (χ0) is 21.9. The number of ether oxygens (including phenoxy) is 1. The molecule has 0 fully saturated rings. The molecule has 0 saturated carbocycles. The lowest BCUT2D eigenvalue weighted by molar-refractivity contribution is -0.127. The molecule has 9 nitrogen and oxygen atoms in total. The molecule has 0 saturated heterocycles. The molecule has 1 aromatic carbocycles. The van der Waals surface area contributed by atoms with Crippen LogP contribution >= 0.6 is 0 Å². The van der Waals surface area contributed by atoms with E-state index in [2.05, 4.69) is 20.0 Å². The summed E-state index contributed by atoms with van der Waals surface area (Å²) in [5.41, 5.74) is 1.30. The lowest BCUT2D eigenvalue weighted by atomic mass is 10.2. The highest BCUT2D eigenvalue weighted by atomic mass is 16.5. The van der Waals surface area contributed by atoms with Crippen LogP contribution in [0.25, 0.3) is 5.57 Å². The van der Waals surface area contributed by atoms with Crippen molar-refractivity contribution in [1.29, 1.82) is 0 Å². The summed E-state index contributed by atoms with van der Waals surface area (Å²) in [7, 11) is 0. The molecule has 0 radical (unpaired) electrons. The Morgan fingerprint density at radius 1 is 0.938 bits per heavy atom. The van der Waals surface area contributed by atoms with Crippen LogP contribution in [-0.2, 0) is 9.59 Å². The molecule has 8 rings (SSSR count). The average molecular weight is 426 g/mol. The quantitative estimate of drug-likeness (QED) is 0.627. The van der Waals surface area contributed by atoms with E-state index in [1.54, 1.807) is 66.1 Å². The highest BCUT2D eigenvalue weighted by Gasteiger charge is 2.23. The summed E-state index contributed by atoms with van der Waals surface area (Å²) in [5, 5.41) is 0.535. The first-order chi connectivity index (χ1) is 15.7. The average Bonchev–Trinajstić information content (AvgIpc) is 3.15. The Balaban J connectivity index is 1.61. The van der Waals surface area contributed by atoms with Gasteiger partial charge in [-0.3, -0.25) is 14.6 Å². The van der Waals surface area contributed by atoms with Crippen molar-refractivity contribution in [3.63, 3.8) is 0 Å². The molecule has 4 bridgehead atoms. The number of benzene rings is 1. The summed E-state index contributed by atoms with van der Waals surface area (Å²) >= 11 is 0. The third kappa shape index (κ3) is 3.83. The van der Waals surface area contributed by atoms with E-state index in [9.17, 15) is 9.59 Å². The van der Waals surface area contributed by atoms with E-state index in [4.69, 9.17) is 4.74 Å². The van der Waals surface area contributed by atoms with Gasteiger partial charge < -0.3 is 14.5 Å². The molecule has 2 amide bonds. The van der Waals surface area contributed by atoms with Crippen LogP contribution in [0.15, 0.2) is 77.5 Å². The van der Waals surface area contributed by atoms with E-state index in [1.807, 2.05) is 4.90 Å². The van der Waals surface area contributed by atoms with Gasteiger partial charge in [-0.2, -0.15) is 4.99 Å². The molecule has 158 valence electrons. The SMILES string of the molecule is O=C1N=c2ncnc3c2=C1C=Nc1ccc(cc1)OC=CC=CCC(=O)N1C=CN3CC1. The minimum absolute atomic E-state index is 0.0195. The summed E-state index contributed by atoms with van der Waals surface area (Å²) in [6, 6.07) is 7.13. The van der Waals surface area contributed by atoms with Gasteiger partial charge in [0.2, 0.25) is 5.91 Å². The van der Waals surface area contributed by atoms with Crippen molar-refractivity contribution in [1.82, 2.24) is 14.9 Å². The van der Waals surface area contributed by atoms with Crippen LogP contribution in [0, 0.1) is 0 Å². The molecule has 0 atom stereocenters. The van der Waals surface area contributed by atoms with Gasteiger partial charge in [0.05, 0.1) is 22.7 Å². The Kier molecular flexibility index (Phi) is 5.12. The number of carbonyl (C=O) groups excluding carboxylic acids is 2. The van der Waals surface area contributed by atoms with Crippen molar-refractivity contribution < 1.29 is 14.3 Å². The lowest BCUT2D eigenvalue weighted by Gasteiger charge is -2.29. The molecule has 1 aromatic heterocycles. The Hall–Kier alpha value is -4.40. The molecule has 2 aromatic rings. The van der Waals surface area contributed by atoms with Crippen LogP contribution in [0.2, 0.25) is 0 Å². The monoisotopic (exact) mass is 426 g/mol. The highest BCUT2D eigenvalue weighted by Crippen LogP contribution is 2.19. The van der Waals surface area contributed by atoms with Crippen LogP contribution in [0.1, 0.15) is 6.42 Å².